The van der Waals surface area contributed by atoms with Crippen molar-refractivity contribution in [3.05, 3.63) is 46.5 Å². The molecule has 1 saturated carbocycles. The van der Waals surface area contributed by atoms with E-state index in [0.29, 0.717) is 28.5 Å². The van der Waals surface area contributed by atoms with Gasteiger partial charge in [0, 0.05) is 45.6 Å². The lowest BCUT2D eigenvalue weighted by atomic mass is 9.93. The average molecular weight is 488 g/mol. The Morgan fingerprint density at radius 2 is 1.97 bits per heavy atom. The van der Waals surface area contributed by atoms with Crippen LogP contribution in [0.15, 0.2) is 35.4 Å². The largest absolute Gasteiger partial charge is 0.400 e. The maximum absolute atomic E-state index is 12.9. The van der Waals surface area contributed by atoms with Crippen molar-refractivity contribution in [2.75, 3.05) is 31.9 Å². The van der Waals surface area contributed by atoms with Crippen LogP contribution in [0.25, 0.3) is 5.65 Å². The maximum atomic E-state index is 12.9. The number of aromatic nitrogens is 4. The summed E-state index contributed by atoms with van der Waals surface area (Å²) in [6, 6.07) is 5.71. The number of anilines is 3. The number of hydrogen-bond acceptors (Lipinski definition) is 8. The van der Waals surface area contributed by atoms with Gasteiger partial charge in [0.1, 0.15) is 22.9 Å². The Morgan fingerprint density at radius 3 is 2.57 bits per heavy atom. The van der Waals surface area contributed by atoms with E-state index in [0.717, 1.165) is 46.3 Å². The molecule has 11 nitrogen and oxygen atoms in total. The predicted octanol–water partition coefficient (Wildman–Crippen LogP) is 2.54. The fraction of sp³-hybridized carbons (Fsp3) is 0.500. The van der Waals surface area contributed by atoms with Gasteiger partial charge in [0.15, 0.2) is 5.65 Å². The van der Waals surface area contributed by atoms with Crippen LogP contribution < -0.4 is 21.5 Å². The number of carbonyl (C=O) groups excluding carboxylic acids is 1. The van der Waals surface area contributed by atoms with Crippen molar-refractivity contribution >= 4 is 28.9 Å². The Balaban J connectivity index is 0.00000103. The van der Waals surface area contributed by atoms with Crippen molar-refractivity contribution in [2.45, 2.75) is 58.0 Å². The summed E-state index contributed by atoms with van der Waals surface area (Å²) in [7, 11) is 3.77. The van der Waals surface area contributed by atoms with Crippen LogP contribution in [0.1, 0.15) is 62.4 Å². The van der Waals surface area contributed by atoms with Gasteiger partial charge in [-0.2, -0.15) is 9.61 Å². The highest BCUT2D eigenvalue weighted by molar-refractivity contribution is 6.00. The number of aliphatic hydroxyl groups excluding tert-OH is 2. The van der Waals surface area contributed by atoms with Crippen molar-refractivity contribution in [3.63, 3.8) is 0 Å². The van der Waals surface area contributed by atoms with Gasteiger partial charge in [-0.3, -0.25) is 9.59 Å². The topological polar surface area (TPSA) is 146 Å². The Kier molecular flexibility index (Phi) is 10.7. The third-order valence-corrected chi connectivity index (χ3v) is 5.78. The lowest BCUT2D eigenvalue weighted by molar-refractivity contribution is 0.0940. The lowest BCUT2D eigenvalue weighted by Crippen LogP contribution is -2.32. The maximum Gasteiger partial charge on any atom is 0.274 e. The molecule has 192 valence electrons. The molecule has 3 aromatic rings. The van der Waals surface area contributed by atoms with Gasteiger partial charge in [-0.15, -0.1) is 0 Å². The summed E-state index contributed by atoms with van der Waals surface area (Å²) in [6.07, 6.45) is 8.46. The van der Waals surface area contributed by atoms with Gasteiger partial charge in [-0.25, -0.2) is 4.98 Å². The minimum atomic E-state index is -0.213. The van der Waals surface area contributed by atoms with E-state index in [4.69, 9.17) is 10.2 Å². The zero-order valence-electron chi connectivity index (χ0n) is 21.1. The van der Waals surface area contributed by atoms with Gasteiger partial charge in [-0.05, 0) is 44.7 Å². The highest BCUT2D eigenvalue weighted by Crippen LogP contribution is 2.30. The van der Waals surface area contributed by atoms with Crippen molar-refractivity contribution in [2.24, 2.45) is 0 Å². The second-order valence-corrected chi connectivity index (χ2v) is 8.08. The summed E-state index contributed by atoms with van der Waals surface area (Å²) in [5.74, 6) is 0.912. The van der Waals surface area contributed by atoms with E-state index < -0.39 is 0 Å². The standard InChI is InChI=1S/C22H29N7O2.2CH4O/c1-4-7-14(2)25-21(30)16-13-24-29-19(23-3)12-18(27-20(16)29)26-17-10-6-11-28(22(17)31)15-8-5-9-15;2*1-2/h6,10-15,23H,4-5,7-9H2,1-3H3,(H,25,30)(H,26,27);2*2H,1H3/t14-;;/m1../s1. The molecule has 4 rings (SSSR count). The third-order valence-electron chi connectivity index (χ3n) is 5.78. The first kappa shape index (κ1) is 27.8. The molecule has 1 fully saturated rings. The third kappa shape index (κ3) is 6.37. The van der Waals surface area contributed by atoms with Gasteiger partial charge in [-0.1, -0.05) is 13.3 Å². The van der Waals surface area contributed by atoms with Crippen molar-refractivity contribution in [1.29, 1.82) is 0 Å². The summed E-state index contributed by atoms with van der Waals surface area (Å²) >= 11 is 0. The van der Waals surface area contributed by atoms with Crippen LogP contribution in [0.5, 0.6) is 0 Å². The summed E-state index contributed by atoms with van der Waals surface area (Å²) < 4.78 is 3.37. The Labute approximate surface area is 205 Å². The molecule has 0 bridgehead atoms. The molecule has 1 atom stereocenters. The first-order chi connectivity index (χ1) is 17.0. The first-order valence-corrected chi connectivity index (χ1v) is 11.8. The fourth-order valence-corrected chi connectivity index (χ4v) is 3.87. The number of nitrogens with zero attached hydrogens (tertiary/aromatic N) is 4. The molecule has 35 heavy (non-hydrogen) atoms. The van der Waals surface area contributed by atoms with Crippen LogP contribution in [-0.4, -0.2) is 62.6 Å². The molecule has 0 saturated heterocycles. The monoisotopic (exact) mass is 487 g/mol. The second-order valence-electron chi connectivity index (χ2n) is 8.08. The molecule has 0 radical (unpaired) electrons. The quantitative estimate of drug-likeness (QED) is 0.326. The highest BCUT2D eigenvalue weighted by Gasteiger charge is 2.22. The SMILES string of the molecule is CCC[C@@H](C)NC(=O)c1cnn2c(NC)cc(Nc3cccn(C4CCC4)c3=O)nc12.CO.CO. The molecule has 0 spiro atoms. The smallest absolute Gasteiger partial charge is 0.274 e. The van der Waals surface area contributed by atoms with E-state index >= 15 is 0 Å². The number of rotatable bonds is 8. The number of fused-ring (bicyclic) bond motifs is 1. The number of carbonyl (C=O) groups is 1. The summed E-state index contributed by atoms with van der Waals surface area (Å²) in [5, 5.41) is 27.5. The van der Waals surface area contributed by atoms with Gasteiger partial charge in [0.25, 0.3) is 11.5 Å². The number of nitrogens with one attached hydrogen (secondary N) is 3. The Morgan fingerprint density at radius 1 is 1.26 bits per heavy atom. The van der Waals surface area contributed by atoms with Gasteiger partial charge in [0.2, 0.25) is 0 Å². The molecule has 1 aliphatic rings. The molecule has 0 unspecified atom stereocenters. The second kappa shape index (κ2) is 13.4. The van der Waals surface area contributed by atoms with E-state index in [-0.39, 0.29) is 23.6 Å². The normalized spacial score (nSPS) is 13.5. The summed E-state index contributed by atoms with van der Waals surface area (Å²) in [6.45, 7) is 4.06. The summed E-state index contributed by atoms with van der Waals surface area (Å²) in [5.41, 5.74) is 1.20. The predicted molar refractivity (Wildman–Crippen MR) is 138 cm³/mol. The average Bonchev–Trinajstić information content (AvgIpc) is 3.27. The molecule has 1 amide bonds. The number of amides is 1. The molecule has 3 heterocycles. The molecule has 0 aliphatic heterocycles. The fourth-order valence-electron chi connectivity index (χ4n) is 3.87. The van der Waals surface area contributed by atoms with E-state index in [1.54, 1.807) is 28.3 Å². The number of pyridine rings is 1. The van der Waals surface area contributed by atoms with Crippen LogP contribution >= 0.6 is 0 Å². The molecule has 11 heteroatoms. The summed E-state index contributed by atoms with van der Waals surface area (Å²) in [4.78, 5) is 30.3. The van der Waals surface area contributed by atoms with Gasteiger partial charge < -0.3 is 30.7 Å². The van der Waals surface area contributed by atoms with Crippen LogP contribution in [0.3, 0.4) is 0 Å². The molecular weight excluding hydrogens is 450 g/mol. The first-order valence-electron chi connectivity index (χ1n) is 11.8. The molecule has 5 N–H and O–H groups in total. The Hall–Kier alpha value is -3.44. The minimum Gasteiger partial charge on any atom is -0.400 e. The van der Waals surface area contributed by atoms with Gasteiger partial charge >= 0.3 is 0 Å². The zero-order chi connectivity index (χ0) is 26.0. The van der Waals surface area contributed by atoms with Crippen LogP contribution in [0.4, 0.5) is 17.3 Å². The minimum absolute atomic E-state index is 0.0619. The van der Waals surface area contributed by atoms with Crippen molar-refractivity contribution < 1.29 is 15.0 Å². The molecule has 1 aliphatic carbocycles. The van der Waals surface area contributed by atoms with E-state index in [9.17, 15) is 9.59 Å². The molecular formula is C24H37N7O4. The van der Waals surface area contributed by atoms with E-state index in [2.05, 4.69) is 33.0 Å². The van der Waals surface area contributed by atoms with Crippen LogP contribution in [-0.2, 0) is 0 Å². The highest BCUT2D eigenvalue weighted by atomic mass is 16.2. The van der Waals surface area contributed by atoms with E-state index in [1.165, 1.54) is 6.20 Å². The van der Waals surface area contributed by atoms with Crippen LogP contribution in [0, 0.1) is 0 Å². The van der Waals surface area contributed by atoms with Crippen LogP contribution in [0.2, 0.25) is 0 Å². The number of hydrogen-bond donors (Lipinski definition) is 5. The Bertz CT molecular complexity index is 1150. The van der Waals surface area contributed by atoms with Gasteiger partial charge in [0.05, 0.1) is 6.20 Å². The lowest BCUT2D eigenvalue weighted by Gasteiger charge is -2.27. The van der Waals surface area contributed by atoms with E-state index in [1.807, 2.05) is 19.2 Å². The molecule has 3 aromatic heterocycles. The number of aliphatic hydroxyl groups is 2. The van der Waals surface area contributed by atoms with Crippen molar-refractivity contribution in [1.82, 2.24) is 24.5 Å². The van der Waals surface area contributed by atoms with Crippen molar-refractivity contribution in [3.8, 4) is 0 Å². The molecule has 0 aromatic carbocycles. The zero-order valence-corrected chi connectivity index (χ0v) is 21.1.